The smallest absolute Gasteiger partial charge is 0.357 e. The van der Waals surface area contributed by atoms with Crippen LogP contribution in [-0.4, -0.2) is 71.7 Å². The molecule has 0 bridgehead atoms. The number of carbonyl (C=O) groups excluding carboxylic acids is 2. The first-order valence-corrected chi connectivity index (χ1v) is 17.1. The van der Waals surface area contributed by atoms with Gasteiger partial charge in [-0.25, -0.2) is 9.18 Å². The van der Waals surface area contributed by atoms with Gasteiger partial charge in [0.05, 0.1) is 18.2 Å². The number of nitrogens with zero attached hydrogens (tertiary/aromatic N) is 2. The van der Waals surface area contributed by atoms with E-state index in [-0.39, 0.29) is 23.8 Å². The number of benzene rings is 2. The predicted molar refractivity (Wildman–Crippen MR) is 182 cm³/mol. The van der Waals surface area contributed by atoms with Gasteiger partial charge in [-0.2, -0.15) is 5.10 Å². The fraction of sp³-hybridized carbons (Fsp3) is 0.459. The maximum absolute atomic E-state index is 16.9. The zero-order valence-corrected chi connectivity index (χ0v) is 28.9. The number of ketones is 2. The minimum atomic E-state index is -1.98. The second-order valence-electron chi connectivity index (χ2n) is 14.3. The zero-order valence-electron chi connectivity index (χ0n) is 27.4. The number of aromatic carboxylic acids is 1. The van der Waals surface area contributed by atoms with Gasteiger partial charge in [0.15, 0.2) is 22.9 Å². The molecule has 1 heterocycles. The Morgan fingerprint density at radius 1 is 1.12 bits per heavy atom. The number of hydrogen-bond donors (Lipinski definition) is 4. The summed E-state index contributed by atoms with van der Waals surface area (Å²) >= 11 is 12.0. The molecule has 8 atom stereocenters. The molecule has 49 heavy (non-hydrogen) atoms. The number of allylic oxidation sites excluding steroid dienone is 4. The number of para-hydroxylation sites is 1. The maximum atomic E-state index is 16.9. The summed E-state index contributed by atoms with van der Waals surface area (Å²) in [6.45, 7) is 4.86. The summed E-state index contributed by atoms with van der Waals surface area (Å²) in [6, 6.07) is 12.4. The van der Waals surface area contributed by atoms with Gasteiger partial charge in [0.25, 0.3) is 0 Å². The summed E-state index contributed by atoms with van der Waals surface area (Å²) in [4.78, 5) is 35.7. The number of hydrogen-bond acceptors (Lipinski definition) is 7. The minimum Gasteiger partial charge on any atom is -0.476 e. The van der Waals surface area contributed by atoms with Crippen molar-refractivity contribution < 1.29 is 39.2 Å². The zero-order chi connectivity index (χ0) is 35.7. The number of rotatable bonds is 5. The first-order valence-electron chi connectivity index (χ1n) is 16.3. The molecular formula is C37H39Cl2FN2O7. The minimum absolute atomic E-state index is 0.0377. The number of aliphatic hydroxyl groups excluding tert-OH is 2. The molecule has 0 saturated heterocycles. The molecule has 2 aromatic carbocycles. The average Bonchev–Trinajstić information content (AvgIpc) is 3.52. The number of Topliss-reactive ketones (excluding diaryl/α,β-unsaturated/α-hetero) is 1. The summed E-state index contributed by atoms with van der Waals surface area (Å²) in [5.41, 5.74) is -3.56. The van der Waals surface area contributed by atoms with Crippen molar-refractivity contribution in [3.63, 3.8) is 0 Å². The molecule has 1 aromatic heterocycles. The van der Waals surface area contributed by atoms with E-state index in [4.69, 9.17) is 23.2 Å². The Hall–Kier alpha value is -3.41. The van der Waals surface area contributed by atoms with Gasteiger partial charge < -0.3 is 20.4 Å². The van der Waals surface area contributed by atoms with Crippen molar-refractivity contribution in [1.29, 1.82) is 0 Å². The number of alkyl halides is 1. The van der Waals surface area contributed by atoms with Gasteiger partial charge in [-0.1, -0.05) is 73.0 Å². The van der Waals surface area contributed by atoms with Crippen LogP contribution < -0.4 is 0 Å². The van der Waals surface area contributed by atoms with Gasteiger partial charge in [0.2, 0.25) is 0 Å². The van der Waals surface area contributed by atoms with Gasteiger partial charge >= 0.3 is 5.97 Å². The van der Waals surface area contributed by atoms with Gasteiger partial charge in [-0.05, 0) is 80.4 Å². The Bertz CT molecular complexity index is 1930. The normalized spacial score (nSPS) is 34.7. The van der Waals surface area contributed by atoms with E-state index in [2.05, 4.69) is 5.10 Å². The summed E-state index contributed by atoms with van der Waals surface area (Å²) in [5.74, 6) is -3.17. The highest BCUT2D eigenvalue weighted by Crippen LogP contribution is 2.70. The molecule has 3 saturated carbocycles. The van der Waals surface area contributed by atoms with E-state index in [0.717, 1.165) is 11.1 Å². The average molecular weight is 714 g/mol. The molecule has 9 nitrogen and oxygen atoms in total. The Morgan fingerprint density at radius 3 is 2.51 bits per heavy atom. The molecule has 4 aliphatic rings. The topological polar surface area (TPSA) is 150 Å². The summed E-state index contributed by atoms with van der Waals surface area (Å²) in [6.07, 6.45) is 4.44. The van der Waals surface area contributed by atoms with Crippen LogP contribution in [-0.2, 0) is 16.1 Å². The summed E-state index contributed by atoms with van der Waals surface area (Å²) in [7, 11) is 0. The molecule has 0 aliphatic heterocycles. The largest absolute Gasteiger partial charge is 0.476 e. The van der Waals surface area contributed by atoms with E-state index in [1.807, 2.05) is 18.2 Å². The molecule has 12 heteroatoms. The Kier molecular flexibility index (Phi) is 8.98. The van der Waals surface area contributed by atoms with Crippen LogP contribution in [0, 0.1) is 28.6 Å². The number of carboxylic acid groups (broad SMARTS) is 1. The van der Waals surface area contributed by atoms with Crippen LogP contribution in [0.3, 0.4) is 0 Å². The number of aliphatic hydroxyl groups is 3. The predicted octanol–water partition coefficient (Wildman–Crippen LogP) is 5.99. The van der Waals surface area contributed by atoms with Crippen molar-refractivity contribution in [3.05, 3.63) is 87.6 Å². The number of aromatic nitrogens is 2. The molecule has 4 N–H and O–H groups in total. The van der Waals surface area contributed by atoms with E-state index in [1.54, 1.807) is 55.8 Å². The molecule has 3 fully saturated rings. The first-order chi connectivity index (χ1) is 23.0. The van der Waals surface area contributed by atoms with E-state index < -0.39 is 58.4 Å². The second-order valence-corrected chi connectivity index (χ2v) is 15.2. The van der Waals surface area contributed by atoms with E-state index in [0.29, 0.717) is 46.8 Å². The van der Waals surface area contributed by atoms with Crippen molar-refractivity contribution in [3.8, 4) is 0 Å². The van der Waals surface area contributed by atoms with E-state index in [1.165, 1.54) is 12.2 Å². The first kappa shape index (κ1) is 35.4. The lowest BCUT2D eigenvalue weighted by molar-refractivity contribution is -0.219. The highest BCUT2D eigenvalue weighted by atomic mass is 35.5. The lowest BCUT2D eigenvalue weighted by Gasteiger charge is -2.62. The third-order valence-electron chi connectivity index (χ3n) is 12.0. The summed E-state index contributed by atoms with van der Waals surface area (Å²) in [5, 5.41) is 47.1. The van der Waals surface area contributed by atoms with E-state index in [9.17, 15) is 34.8 Å². The van der Waals surface area contributed by atoms with Crippen LogP contribution in [0.25, 0.3) is 10.9 Å². The highest BCUT2D eigenvalue weighted by molar-refractivity contribution is 6.35. The van der Waals surface area contributed by atoms with Gasteiger partial charge in [0.1, 0.15) is 12.2 Å². The molecule has 4 aliphatic carbocycles. The van der Waals surface area contributed by atoms with Crippen molar-refractivity contribution in [2.75, 3.05) is 6.61 Å². The monoisotopic (exact) mass is 712 g/mol. The van der Waals surface area contributed by atoms with E-state index >= 15 is 4.39 Å². The summed E-state index contributed by atoms with van der Waals surface area (Å²) < 4.78 is 18.5. The van der Waals surface area contributed by atoms with Crippen LogP contribution >= 0.6 is 23.2 Å². The third-order valence-corrected chi connectivity index (χ3v) is 12.6. The van der Waals surface area contributed by atoms with Gasteiger partial charge in [0, 0.05) is 32.2 Å². The van der Waals surface area contributed by atoms with Crippen LogP contribution in [0.4, 0.5) is 4.39 Å². The number of carbonyl (C=O) groups is 3. The van der Waals surface area contributed by atoms with Crippen LogP contribution in [0.2, 0.25) is 10.0 Å². The van der Waals surface area contributed by atoms with Crippen molar-refractivity contribution in [2.24, 2.45) is 28.6 Å². The standard InChI is InChI=1S/C22H29FO5.C15H10Cl2N2O2/c1-12-8-16-15-5-4-13-9-14(25)6-7-19(13,2)21(15,23)17(26)10-20(16,3)22(12,28)18(27)11-24;16-10-6-5-9(12(17)7-10)8-19-13-4-2-1-3-11(13)14(18-19)15(20)21/h6-7,9,12,15-17,24,26,28H,4-5,8,10-11H2,1-3H3;1-7H,8H2,(H,20,21)/t12-,15-,16-,17-,19-,20-,21-,22-;/m0./s1. The van der Waals surface area contributed by atoms with Crippen LogP contribution in [0.15, 0.2) is 66.3 Å². The molecule has 260 valence electrons. The number of carboxylic acids is 1. The lowest BCUT2D eigenvalue weighted by Crippen LogP contribution is -2.69. The fourth-order valence-corrected chi connectivity index (χ4v) is 9.95. The molecule has 0 amide bonds. The van der Waals surface area contributed by atoms with Crippen LogP contribution in [0.1, 0.15) is 62.5 Å². The molecule has 0 unspecified atom stereocenters. The SMILES string of the molecule is C[C@H]1C[C@H]2[C@@H]3CCC4=CC(=O)C=C[C@]4(C)[C@@]3(F)[C@@H](O)C[C@]2(C)[C@@]1(O)C(=O)CO.O=C(O)c1nn(Cc2ccc(Cl)cc2Cl)c2ccccc12. The second kappa shape index (κ2) is 12.4. The maximum Gasteiger partial charge on any atom is 0.357 e. The Labute approximate surface area is 293 Å². The number of halogens is 3. The lowest BCUT2D eigenvalue weighted by atomic mass is 9.44. The third kappa shape index (κ3) is 5.21. The number of fused-ring (bicyclic) bond motifs is 6. The van der Waals surface area contributed by atoms with Crippen molar-refractivity contribution in [2.45, 2.75) is 70.4 Å². The molecule has 0 spiro atoms. The fourth-order valence-electron chi connectivity index (χ4n) is 9.48. The molecule has 3 aromatic rings. The molecule has 7 rings (SSSR count). The molecular weight excluding hydrogens is 674 g/mol. The Morgan fingerprint density at radius 2 is 1.84 bits per heavy atom. The van der Waals surface area contributed by atoms with Crippen LogP contribution in [0.5, 0.6) is 0 Å². The van der Waals surface area contributed by atoms with Gasteiger partial charge in [-0.3, -0.25) is 14.3 Å². The highest BCUT2D eigenvalue weighted by Gasteiger charge is 2.75. The quantitative estimate of drug-likeness (QED) is 0.252. The van der Waals surface area contributed by atoms with Crippen molar-refractivity contribution >= 4 is 51.6 Å². The van der Waals surface area contributed by atoms with Gasteiger partial charge in [-0.15, -0.1) is 0 Å². The van der Waals surface area contributed by atoms with Crippen molar-refractivity contribution in [1.82, 2.24) is 9.78 Å². The Balaban J connectivity index is 0.000000177. The molecule has 0 radical (unpaired) electrons.